The monoisotopic (exact) mass is 165 g/mol. The summed E-state index contributed by atoms with van der Waals surface area (Å²) in [4.78, 5) is 0. The summed E-state index contributed by atoms with van der Waals surface area (Å²) in [6.45, 7) is 0. The highest BCUT2D eigenvalue weighted by atomic mass is 15.3. The molecule has 3 heteroatoms. The highest BCUT2D eigenvalue weighted by Crippen LogP contribution is 2.40. The number of aromatic nitrogens is 2. The van der Waals surface area contributed by atoms with Gasteiger partial charge in [0.05, 0.1) is 11.7 Å². The van der Waals surface area contributed by atoms with Crippen molar-refractivity contribution < 1.29 is 0 Å². The number of hydrogen-bond acceptors (Lipinski definition) is 2. The van der Waals surface area contributed by atoms with Gasteiger partial charge in [-0.1, -0.05) is 0 Å². The Bertz CT molecular complexity index is 262. The molecular weight excluding hydrogens is 150 g/mol. The summed E-state index contributed by atoms with van der Waals surface area (Å²) in [6, 6.07) is 2.61. The van der Waals surface area contributed by atoms with Gasteiger partial charge in [-0.2, -0.15) is 5.10 Å². The molecule has 1 N–H and O–H groups in total. The lowest BCUT2D eigenvalue weighted by atomic mass is 10.1. The molecule has 0 amide bonds. The second-order valence-corrected chi connectivity index (χ2v) is 3.48. The van der Waals surface area contributed by atoms with Gasteiger partial charge in [0, 0.05) is 13.2 Å². The molecule has 1 unspecified atom stereocenters. The maximum Gasteiger partial charge on any atom is 0.0553 e. The van der Waals surface area contributed by atoms with Gasteiger partial charge < -0.3 is 5.32 Å². The minimum absolute atomic E-state index is 0.512. The van der Waals surface area contributed by atoms with Crippen LogP contribution in [0.3, 0.4) is 0 Å². The number of nitrogens with zero attached hydrogens (tertiary/aromatic N) is 2. The predicted octanol–water partition coefficient (Wildman–Crippen LogP) is 1.09. The molecular formula is C9H15N3. The van der Waals surface area contributed by atoms with Gasteiger partial charge in [0.15, 0.2) is 0 Å². The summed E-state index contributed by atoms with van der Waals surface area (Å²) < 4.78 is 1.96. The first kappa shape index (κ1) is 7.80. The quantitative estimate of drug-likeness (QED) is 0.726. The average Bonchev–Trinajstić information content (AvgIpc) is 2.80. The van der Waals surface area contributed by atoms with Crippen LogP contribution in [0.2, 0.25) is 0 Å². The second kappa shape index (κ2) is 2.90. The Morgan fingerprint density at radius 1 is 1.67 bits per heavy atom. The fourth-order valence-electron chi connectivity index (χ4n) is 1.74. The molecule has 0 spiro atoms. The Morgan fingerprint density at radius 2 is 2.42 bits per heavy atom. The molecule has 1 aromatic rings. The third-order valence-electron chi connectivity index (χ3n) is 2.58. The van der Waals surface area contributed by atoms with E-state index >= 15 is 0 Å². The van der Waals surface area contributed by atoms with E-state index in [0.29, 0.717) is 6.04 Å². The van der Waals surface area contributed by atoms with Crippen molar-refractivity contribution in [2.24, 2.45) is 13.0 Å². The van der Waals surface area contributed by atoms with Crippen molar-refractivity contribution in [3.8, 4) is 0 Å². The highest BCUT2D eigenvalue weighted by Gasteiger charge is 2.32. The van der Waals surface area contributed by atoms with Crippen LogP contribution in [0.4, 0.5) is 0 Å². The normalized spacial score (nSPS) is 19.5. The van der Waals surface area contributed by atoms with Gasteiger partial charge in [-0.15, -0.1) is 0 Å². The molecule has 1 aliphatic rings. The van der Waals surface area contributed by atoms with Crippen molar-refractivity contribution in [3.63, 3.8) is 0 Å². The van der Waals surface area contributed by atoms with E-state index in [-0.39, 0.29) is 0 Å². The van der Waals surface area contributed by atoms with Crippen LogP contribution in [0.5, 0.6) is 0 Å². The molecule has 0 saturated heterocycles. The Hall–Kier alpha value is -0.830. The largest absolute Gasteiger partial charge is 0.311 e. The lowest BCUT2D eigenvalue weighted by Gasteiger charge is -2.14. The summed E-state index contributed by atoms with van der Waals surface area (Å²) in [5.74, 6) is 0.838. The molecule has 1 aromatic heterocycles. The third-order valence-corrected chi connectivity index (χ3v) is 2.58. The van der Waals surface area contributed by atoms with Crippen LogP contribution >= 0.6 is 0 Å². The fraction of sp³-hybridized carbons (Fsp3) is 0.667. The van der Waals surface area contributed by atoms with Crippen LogP contribution in [0.15, 0.2) is 12.3 Å². The maximum atomic E-state index is 4.17. The molecule has 12 heavy (non-hydrogen) atoms. The third kappa shape index (κ3) is 1.25. The van der Waals surface area contributed by atoms with Gasteiger partial charge in [-0.25, -0.2) is 0 Å². The Morgan fingerprint density at radius 3 is 2.83 bits per heavy atom. The van der Waals surface area contributed by atoms with E-state index in [2.05, 4.69) is 16.5 Å². The zero-order chi connectivity index (χ0) is 8.55. The van der Waals surface area contributed by atoms with Crippen LogP contribution in [0.1, 0.15) is 24.6 Å². The number of nitrogens with one attached hydrogen (secondary N) is 1. The zero-order valence-corrected chi connectivity index (χ0v) is 7.62. The van der Waals surface area contributed by atoms with Crippen molar-refractivity contribution in [2.75, 3.05) is 7.05 Å². The lowest BCUT2D eigenvalue weighted by Crippen LogP contribution is -2.21. The summed E-state index contributed by atoms with van der Waals surface area (Å²) in [6.07, 6.45) is 4.58. The summed E-state index contributed by atoms with van der Waals surface area (Å²) >= 11 is 0. The highest BCUT2D eigenvalue weighted by molar-refractivity contribution is 5.10. The summed E-state index contributed by atoms with van der Waals surface area (Å²) in [5, 5.41) is 7.52. The van der Waals surface area contributed by atoms with E-state index in [1.165, 1.54) is 18.5 Å². The number of hydrogen-bond donors (Lipinski definition) is 1. The van der Waals surface area contributed by atoms with E-state index in [4.69, 9.17) is 0 Å². The standard InChI is InChI=1S/C9H15N3/c1-10-9(7-3-4-7)8-5-6-11-12(8)2/h5-7,9-10H,3-4H2,1-2H3. The summed E-state index contributed by atoms with van der Waals surface area (Å²) in [5.41, 5.74) is 1.31. The van der Waals surface area contributed by atoms with Crippen molar-refractivity contribution in [1.29, 1.82) is 0 Å². The topological polar surface area (TPSA) is 29.9 Å². The molecule has 0 aliphatic heterocycles. The van der Waals surface area contributed by atoms with Gasteiger partial charge >= 0.3 is 0 Å². The molecule has 1 heterocycles. The van der Waals surface area contributed by atoms with Gasteiger partial charge in [0.25, 0.3) is 0 Å². The van der Waals surface area contributed by atoms with E-state index < -0.39 is 0 Å². The minimum Gasteiger partial charge on any atom is -0.311 e. The van der Waals surface area contributed by atoms with Gasteiger partial charge in [0.2, 0.25) is 0 Å². The molecule has 66 valence electrons. The van der Waals surface area contributed by atoms with Gasteiger partial charge in [0.1, 0.15) is 0 Å². The summed E-state index contributed by atoms with van der Waals surface area (Å²) in [7, 11) is 4.03. The van der Waals surface area contributed by atoms with E-state index in [0.717, 1.165) is 5.92 Å². The van der Waals surface area contributed by atoms with Gasteiger partial charge in [-0.3, -0.25) is 4.68 Å². The Labute approximate surface area is 72.8 Å². The molecule has 0 bridgehead atoms. The van der Waals surface area contributed by atoms with Crippen LogP contribution in [0, 0.1) is 5.92 Å². The van der Waals surface area contributed by atoms with Crippen molar-refractivity contribution in [3.05, 3.63) is 18.0 Å². The first-order valence-electron chi connectivity index (χ1n) is 4.48. The molecule has 2 rings (SSSR count). The van der Waals surface area contributed by atoms with Crippen LogP contribution in [-0.2, 0) is 7.05 Å². The van der Waals surface area contributed by atoms with E-state index in [9.17, 15) is 0 Å². The molecule has 1 atom stereocenters. The van der Waals surface area contributed by atoms with E-state index in [1.54, 1.807) is 0 Å². The Kier molecular flexibility index (Phi) is 1.89. The number of rotatable bonds is 3. The Balaban J connectivity index is 2.20. The van der Waals surface area contributed by atoms with Gasteiger partial charge in [-0.05, 0) is 31.9 Å². The molecule has 1 fully saturated rings. The molecule has 3 nitrogen and oxygen atoms in total. The lowest BCUT2D eigenvalue weighted by molar-refractivity contribution is 0.488. The van der Waals surface area contributed by atoms with Crippen molar-refractivity contribution >= 4 is 0 Å². The van der Waals surface area contributed by atoms with E-state index in [1.807, 2.05) is 25.0 Å². The first-order chi connectivity index (χ1) is 5.83. The smallest absolute Gasteiger partial charge is 0.0553 e. The number of aryl methyl sites for hydroxylation is 1. The van der Waals surface area contributed by atoms with Crippen molar-refractivity contribution in [2.45, 2.75) is 18.9 Å². The molecule has 1 saturated carbocycles. The molecule has 1 aliphatic carbocycles. The second-order valence-electron chi connectivity index (χ2n) is 3.48. The van der Waals surface area contributed by atoms with Crippen LogP contribution < -0.4 is 5.32 Å². The maximum absolute atomic E-state index is 4.17. The fourth-order valence-corrected chi connectivity index (χ4v) is 1.74. The van der Waals surface area contributed by atoms with Crippen molar-refractivity contribution in [1.82, 2.24) is 15.1 Å². The van der Waals surface area contributed by atoms with Crippen LogP contribution in [-0.4, -0.2) is 16.8 Å². The average molecular weight is 165 g/mol. The minimum atomic E-state index is 0.512. The molecule has 0 aromatic carbocycles. The zero-order valence-electron chi connectivity index (χ0n) is 7.62. The predicted molar refractivity (Wildman–Crippen MR) is 47.7 cm³/mol. The molecule has 0 radical (unpaired) electrons. The first-order valence-corrected chi connectivity index (χ1v) is 4.48. The van der Waals surface area contributed by atoms with Crippen LogP contribution in [0.25, 0.3) is 0 Å². The SMILES string of the molecule is CNC(c1ccnn1C)C1CC1.